The zero-order chi connectivity index (χ0) is 15.9. The van der Waals surface area contributed by atoms with Crippen LogP contribution < -0.4 is 0 Å². The van der Waals surface area contributed by atoms with Gasteiger partial charge in [0.15, 0.2) is 5.78 Å². The molecule has 5 heteroatoms. The summed E-state index contributed by atoms with van der Waals surface area (Å²) in [5.74, 6) is 0.0312. The summed E-state index contributed by atoms with van der Waals surface area (Å²) in [6.45, 7) is 0.405. The molecule has 0 amide bonds. The molecule has 0 atom stereocenters. The maximum Gasteiger partial charge on any atom is 0.306 e. The normalized spacial score (nSPS) is 33.0. The number of carbonyl (C=O) groups is 2. The number of aliphatic carboxylic acids is 1. The fourth-order valence-electron chi connectivity index (χ4n) is 3.64. The van der Waals surface area contributed by atoms with Gasteiger partial charge >= 0.3 is 5.97 Å². The molecule has 2 aliphatic carbocycles. The highest BCUT2D eigenvalue weighted by Gasteiger charge is 2.28. The van der Waals surface area contributed by atoms with Gasteiger partial charge in [-0.15, -0.1) is 0 Å². The van der Waals surface area contributed by atoms with Gasteiger partial charge in [-0.2, -0.15) is 0 Å². The van der Waals surface area contributed by atoms with Crippen LogP contribution in [0.4, 0.5) is 0 Å². The molecule has 0 unspecified atom stereocenters. The molecule has 0 heterocycles. The minimum atomic E-state index is -0.731. The van der Waals surface area contributed by atoms with E-state index < -0.39 is 5.97 Å². The van der Waals surface area contributed by atoms with E-state index in [9.17, 15) is 9.59 Å². The van der Waals surface area contributed by atoms with Crippen LogP contribution in [0.1, 0.15) is 51.4 Å². The molecule has 124 valence electrons. The van der Waals surface area contributed by atoms with E-state index in [4.69, 9.17) is 10.4 Å². The Hall–Kier alpha value is -1.20. The van der Waals surface area contributed by atoms with Gasteiger partial charge in [0.05, 0.1) is 12.5 Å². The van der Waals surface area contributed by atoms with Crippen LogP contribution in [0.25, 0.3) is 0 Å². The van der Waals surface area contributed by atoms with E-state index >= 15 is 0 Å². The molecule has 0 aromatic carbocycles. The Balaban J connectivity index is 1.72. The average Bonchev–Trinajstić information content (AvgIpc) is 2.54. The molecular weight excluding hydrogens is 284 g/mol. The lowest BCUT2D eigenvalue weighted by molar-refractivity contribution is -0.252. The van der Waals surface area contributed by atoms with E-state index in [0.29, 0.717) is 44.1 Å². The maximum atomic E-state index is 12.2. The Morgan fingerprint density at radius 2 is 1.55 bits per heavy atom. The van der Waals surface area contributed by atoms with Crippen molar-refractivity contribution in [2.24, 2.45) is 23.7 Å². The SMILES string of the molecule is O=C(O)C1CCC(C(=O)/C=C/C2CCC(COO)CC2)CC1. The van der Waals surface area contributed by atoms with Crippen LogP contribution in [0.3, 0.4) is 0 Å². The summed E-state index contributed by atoms with van der Waals surface area (Å²) in [7, 11) is 0. The number of hydrogen-bond acceptors (Lipinski definition) is 4. The highest BCUT2D eigenvalue weighted by molar-refractivity contribution is 5.91. The zero-order valence-corrected chi connectivity index (χ0v) is 12.9. The van der Waals surface area contributed by atoms with Crippen molar-refractivity contribution in [1.82, 2.24) is 0 Å². The van der Waals surface area contributed by atoms with Crippen molar-refractivity contribution in [3.63, 3.8) is 0 Å². The molecule has 0 bridgehead atoms. The second kappa shape index (κ2) is 8.44. The van der Waals surface area contributed by atoms with E-state index in [1.54, 1.807) is 6.08 Å². The van der Waals surface area contributed by atoms with Gasteiger partial charge in [-0.05, 0) is 69.3 Å². The van der Waals surface area contributed by atoms with Gasteiger partial charge in [-0.1, -0.05) is 6.08 Å². The molecule has 2 aliphatic rings. The standard InChI is InChI=1S/C17H26O5/c18-16(14-6-8-15(9-7-14)17(19)20)10-5-12-1-3-13(4-2-12)11-22-21/h5,10,12-15,21H,1-4,6-9,11H2,(H,19,20)/b10-5+. The first-order chi connectivity index (χ1) is 10.6. The minimum absolute atomic E-state index is 0.00554. The highest BCUT2D eigenvalue weighted by atomic mass is 17.1. The molecule has 22 heavy (non-hydrogen) atoms. The third kappa shape index (κ3) is 4.92. The maximum absolute atomic E-state index is 12.2. The van der Waals surface area contributed by atoms with Crippen LogP contribution in [0.2, 0.25) is 0 Å². The van der Waals surface area contributed by atoms with E-state index in [2.05, 4.69) is 4.89 Å². The smallest absolute Gasteiger partial charge is 0.306 e. The largest absolute Gasteiger partial charge is 0.481 e. The Bertz CT molecular complexity index is 401. The second-order valence-electron chi connectivity index (χ2n) is 6.72. The zero-order valence-electron chi connectivity index (χ0n) is 12.9. The van der Waals surface area contributed by atoms with Crippen LogP contribution in [-0.4, -0.2) is 28.7 Å². The van der Waals surface area contributed by atoms with Gasteiger partial charge in [0.2, 0.25) is 0 Å². The molecular formula is C17H26O5. The molecule has 0 aromatic rings. The monoisotopic (exact) mass is 310 g/mol. The van der Waals surface area contributed by atoms with Crippen molar-refractivity contribution >= 4 is 11.8 Å². The van der Waals surface area contributed by atoms with Crippen LogP contribution in [0.15, 0.2) is 12.2 Å². The van der Waals surface area contributed by atoms with Crippen molar-refractivity contribution in [2.75, 3.05) is 6.61 Å². The van der Waals surface area contributed by atoms with Gasteiger partial charge in [0.25, 0.3) is 0 Å². The summed E-state index contributed by atoms with van der Waals surface area (Å²) >= 11 is 0. The van der Waals surface area contributed by atoms with Crippen LogP contribution in [0.5, 0.6) is 0 Å². The van der Waals surface area contributed by atoms with E-state index in [-0.39, 0.29) is 17.6 Å². The molecule has 2 N–H and O–H groups in total. The van der Waals surface area contributed by atoms with Gasteiger partial charge in [0.1, 0.15) is 0 Å². The molecule has 0 spiro atoms. The number of carbonyl (C=O) groups excluding carboxylic acids is 1. The lowest BCUT2D eigenvalue weighted by atomic mass is 9.79. The number of allylic oxidation sites excluding steroid dienone is 2. The molecule has 0 saturated heterocycles. The number of carboxylic acid groups (broad SMARTS) is 1. The highest BCUT2D eigenvalue weighted by Crippen LogP contribution is 2.32. The first kappa shape index (κ1) is 17.2. The van der Waals surface area contributed by atoms with E-state index in [0.717, 1.165) is 25.7 Å². The molecule has 0 aliphatic heterocycles. The lowest BCUT2D eigenvalue weighted by Gasteiger charge is -2.26. The summed E-state index contributed by atoms with van der Waals surface area (Å²) < 4.78 is 0. The van der Waals surface area contributed by atoms with Crippen LogP contribution in [-0.2, 0) is 14.5 Å². The number of hydrogen-bond donors (Lipinski definition) is 2. The van der Waals surface area contributed by atoms with Crippen molar-refractivity contribution in [3.8, 4) is 0 Å². The first-order valence-electron chi connectivity index (χ1n) is 8.31. The average molecular weight is 310 g/mol. The van der Waals surface area contributed by atoms with Gasteiger partial charge in [0, 0.05) is 5.92 Å². The number of carboxylic acids is 1. The number of ketones is 1. The van der Waals surface area contributed by atoms with Crippen LogP contribution >= 0.6 is 0 Å². The summed E-state index contributed by atoms with van der Waals surface area (Å²) in [5.41, 5.74) is 0. The predicted molar refractivity (Wildman–Crippen MR) is 81.3 cm³/mol. The van der Waals surface area contributed by atoms with Crippen molar-refractivity contribution < 1.29 is 24.8 Å². The van der Waals surface area contributed by atoms with E-state index in [1.165, 1.54) is 0 Å². The van der Waals surface area contributed by atoms with Crippen molar-refractivity contribution in [3.05, 3.63) is 12.2 Å². The summed E-state index contributed by atoms with van der Waals surface area (Å²) in [5, 5.41) is 17.4. The Kier molecular flexibility index (Phi) is 6.58. The Morgan fingerprint density at radius 1 is 0.955 bits per heavy atom. The molecule has 2 rings (SSSR count). The summed E-state index contributed by atoms with van der Waals surface area (Å²) in [6.07, 6.45) is 10.5. The van der Waals surface area contributed by atoms with Gasteiger partial charge < -0.3 is 5.11 Å². The fourth-order valence-corrected chi connectivity index (χ4v) is 3.64. The Morgan fingerprint density at radius 3 is 2.09 bits per heavy atom. The predicted octanol–water partition coefficient (Wildman–Crippen LogP) is 3.30. The quantitative estimate of drug-likeness (QED) is 0.447. The minimum Gasteiger partial charge on any atom is -0.481 e. The second-order valence-corrected chi connectivity index (χ2v) is 6.72. The molecule has 0 radical (unpaired) electrons. The van der Waals surface area contributed by atoms with Crippen molar-refractivity contribution in [2.45, 2.75) is 51.4 Å². The topological polar surface area (TPSA) is 83.8 Å². The van der Waals surface area contributed by atoms with Crippen molar-refractivity contribution in [1.29, 1.82) is 0 Å². The number of rotatable bonds is 6. The van der Waals surface area contributed by atoms with Gasteiger partial charge in [-0.3, -0.25) is 14.8 Å². The first-order valence-corrected chi connectivity index (χ1v) is 8.31. The molecule has 2 saturated carbocycles. The molecule has 2 fully saturated rings. The third-order valence-corrected chi connectivity index (χ3v) is 5.21. The third-order valence-electron chi connectivity index (χ3n) is 5.21. The summed E-state index contributed by atoms with van der Waals surface area (Å²) in [4.78, 5) is 27.3. The molecule has 5 nitrogen and oxygen atoms in total. The summed E-state index contributed by atoms with van der Waals surface area (Å²) in [6, 6.07) is 0. The lowest BCUT2D eigenvalue weighted by Crippen LogP contribution is -2.25. The van der Waals surface area contributed by atoms with Crippen LogP contribution in [0, 0.1) is 23.7 Å². The van der Waals surface area contributed by atoms with E-state index in [1.807, 2.05) is 6.08 Å². The fraction of sp³-hybridized carbons (Fsp3) is 0.765. The van der Waals surface area contributed by atoms with Gasteiger partial charge in [-0.25, -0.2) is 4.89 Å². The Labute approximate surface area is 131 Å². The molecule has 0 aromatic heterocycles.